The van der Waals surface area contributed by atoms with E-state index in [1.54, 1.807) is 6.92 Å². The Bertz CT molecular complexity index is 1650. The summed E-state index contributed by atoms with van der Waals surface area (Å²) in [7, 11) is -4.99. The molecule has 0 aromatic heterocycles. The summed E-state index contributed by atoms with van der Waals surface area (Å²) in [6.07, 6.45) is 0. The Morgan fingerprint density at radius 3 is 0.538 bits per heavy atom. The molecule has 0 atom stereocenters. The minimum Gasteiger partial charge on any atom is -0.346 e. The molecule has 0 saturated carbocycles. The van der Waals surface area contributed by atoms with Gasteiger partial charge in [-0.15, -0.1) is 4.17 Å². The van der Waals surface area contributed by atoms with Crippen LogP contribution in [0.3, 0.4) is 0 Å². The van der Waals surface area contributed by atoms with Gasteiger partial charge in [-0.05, 0) is 72.8 Å². The molecule has 0 aliphatic carbocycles. The van der Waals surface area contributed by atoms with Gasteiger partial charge in [0.05, 0.1) is 31.8 Å². The van der Waals surface area contributed by atoms with Gasteiger partial charge in [-0.2, -0.15) is 6.92 Å². The van der Waals surface area contributed by atoms with Crippen molar-refractivity contribution in [2.75, 3.05) is 0 Å². The zero-order chi connectivity index (χ0) is 38.4. The maximum Gasteiger partial charge on any atom is 0.301 e. The van der Waals surface area contributed by atoms with Gasteiger partial charge in [0.2, 0.25) is 0 Å². The van der Waals surface area contributed by atoms with Crippen molar-refractivity contribution in [3.05, 3.63) is 222 Å². The van der Waals surface area contributed by atoms with Crippen molar-refractivity contribution < 1.29 is 40.6 Å². The minimum atomic E-state index is -2.50. The molecular formula is C43H35CrNO5P2. The van der Waals surface area contributed by atoms with Crippen LogP contribution in [0.5, 0.6) is 0 Å². The summed E-state index contributed by atoms with van der Waals surface area (Å²) >= 11 is 0. The molecule has 0 unspecified atom stereocenters. The van der Waals surface area contributed by atoms with Gasteiger partial charge in [0.1, 0.15) is 0 Å². The Labute approximate surface area is 318 Å². The van der Waals surface area contributed by atoms with Crippen molar-refractivity contribution in [1.82, 2.24) is 4.17 Å². The molecule has 0 amide bonds. The third-order valence-electron chi connectivity index (χ3n) is 7.05. The molecular weight excluding hydrogens is 724 g/mol. The van der Waals surface area contributed by atoms with Crippen LogP contribution in [0.2, 0.25) is 0 Å². The van der Waals surface area contributed by atoms with E-state index in [1.165, 1.54) is 31.8 Å². The van der Waals surface area contributed by atoms with Crippen molar-refractivity contribution in [3.8, 4) is 0 Å². The summed E-state index contributed by atoms with van der Waals surface area (Å²) in [6.45, 7) is 27.5. The molecule has 0 bridgehead atoms. The molecule has 0 saturated heterocycles. The minimum absolute atomic E-state index is 0. The van der Waals surface area contributed by atoms with Gasteiger partial charge in [-0.3, -0.25) is 0 Å². The smallest absolute Gasteiger partial charge is 0.301 e. The van der Waals surface area contributed by atoms with Crippen molar-refractivity contribution in [2.45, 2.75) is 6.92 Å². The summed E-state index contributed by atoms with van der Waals surface area (Å²) < 4.78 is 43.9. The third kappa shape index (κ3) is 12.1. The number of hydrogen-bond donors (Lipinski definition) is 0. The standard InChI is InChI=1S/C36H30NP2.C2H5.5CO.Cr/c1-7-19-31(20-8-1)38(32-21-9-2-10-22-32,33-23-11-3-12-24-33)37-39(34-25-13-4-14-26-34,35-27-15-5-16-28-35)36-29-17-6-18-30-36;6*1-2;/h1-30H;1H2,2H3;;;;;;/q+1;-1;;;;;;. The quantitative estimate of drug-likeness (QED) is 0.0750. The van der Waals surface area contributed by atoms with Gasteiger partial charge < -0.3 is 6.92 Å². The summed E-state index contributed by atoms with van der Waals surface area (Å²) in [5.41, 5.74) is 0. The van der Waals surface area contributed by atoms with E-state index in [9.17, 15) is 0 Å². The third-order valence-corrected chi connectivity index (χ3v) is 15.5. The Morgan fingerprint density at radius 1 is 0.308 bits per heavy atom. The first-order valence-electron chi connectivity index (χ1n) is 14.9. The molecule has 6 aromatic rings. The molecule has 9 heteroatoms. The van der Waals surface area contributed by atoms with Crippen LogP contribution in [-0.2, 0) is 40.6 Å². The van der Waals surface area contributed by atoms with E-state index in [0.29, 0.717) is 0 Å². The van der Waals surface area contributed by atoms with Crippen molar-refractivity contribution in [3.63, 3.8) is 0 Å². The molecule has 0 fully saturated rings. The first-order valence-corrected chi connectivity index (χ1v) is 18.4. The van der Waals surface area contributed by atoms with Gasteiger partial charge >= 0.3 is 70.6 Å². The molecule has 6 aromatic carbocycles. The van der Waals surface area contributed by atoms with Crippen molar-refractivity contribution in [1.29, 1.82) is 0 Å². The first-order chi connectivity index (χ1) is 25.3. The molecule has 0 radical (unpaired) electrons. The van der Waals surface area contributed by atoms with Crippen molar-refractivity contribution >= 4 is 45.9 Å². The van der Waals surface area contributed by atoms with Crippen LogP contribution in [0.1, 0.15) is 6.92 Å². The molecule has 258 valence electrons. The van der Waals surface area contributed by atoms with Gasteiger partial charge in [0.15, 0.2) is 0 Å². The van der Waals surface area contributed by atoms with Crippen LogP contribution in [0.15, 0.2) is 182 Å². The van der Waals surface area contributed by atoms with E-state index >= 15 is 0 Å². The number of rotatable bonds is 6. The molecule has 6 nitrogen and oxygen atoms in total. The number of benzene rings is 6. The average Bonchev–Trinajstić information content (AvgIpc) is 3.28. The summed E-state index contributed by atoms with van der Waals surface area (Å²) in [4.78, 5) is 0. The van der Waals surface area contributed by atoms with Crippen LogP contribution >= 0.6 is 14.1 Å². The molecule has 0 heterocycles. The Balaban J connectivity index is 0. The fraction of sp³-hybridized carbons (Fsp3) is 0.0233. The van der Waals surface area contributed by atoms with Crippen LogP contribution in [0.25, 0.3) is 0 Å². The zero-order valence-electron chi connectivity index (χ0n) is 28.3. The second-order valence-electron chi connectivity index (χ2n) is 9.37. The normalized spacial score (nSPS) is 8.92. The fourth-order valence-electron chi connectivity index (χ4n) is 5.27. The van der Waals surface area contributed by atoms with Gasteiger partial charge in [0, 0.05) is 17.4 Å². The van der Waals surface area contributed by atoms with Gasteiger partial charge in [-0.25, -0.2) is 0 Å². The van der Waals surface area contributed by atoms with E-state index in [0.717, 1.165) is 0 Å². The average molecular weight is 760 g/mol. The monoisotopic (exact) mass is 759 g/mol. The molecule has 0 N–H and O–H groups in total. The fourth-order valence-corrected chi connectivity index (χ4v) is 14.8. The predicted molar refractivity (Wildman–Crippen MR) is 203 cm³/mol. The molecule has 6 rings (SSSR count). The maximum atomic E-state index is 7.50. The maximum absolute atomic E-state index is 7.50. The van der Waals surface area contributed by atoms with Gasteiger partial charge in [-0.1, -0.05) is 109 Å². The summed E-state index contributed by atoms with van der Waals surface area (Å²) in [5, 5.41) is 7.55. The Kier molecular flexibility index (Phi) is 28.2. The number of nitrogens with zero attached hydrogens (tertiary/aromatic N) is 1. The molecule has 52 heavy (non-hydrogen) atoms. The van der Waals surface area contributed by atoms with E-state index in [1.807, 2.05) is 0 Å². The summed E-state index contributed by atoms with van der Waals surface area (Å²) in [5.74, 6) is 0. The van der Waals surface area contributed by atoms with E-state index in [4.69, 9.17) is 27.4 Å². The Morgan fingerprint density at radius 2 is 0.423 bits per heavy atom. The predicted octanol–water partition coefficient (Wildman–Crippen LogP) is 7.06. The Hall–Kier alpha value is -4.88. The number of hydrogen-bond acceptors (Lipinski definition) is 0. The van der Waals surface area contributed by atoms with E-state index in [2.05, 4.69) is 222 Å². The van der Waals surface area contributed by atoms with Crippen molar-refractivity contribution in [2.24, 2.45) is 0 Å². The van der Waals surface area contributed by atoms with E-state index in [-0.39, 0.29) is 17.4 Å². The molecule has 0 spiro atoms. The summed E-state index contributed by atoms with van der Waals surface area (Å²) in [6, 6.07) is 65.7. The molecule has 0 aliphatic heterocycles. The first kappa shape index (κ1) is 49.2. The van der Waals surface area contributed by atoms with Crippen LogP contribution in [0, 0.1) is 40.2 Å². The topological polar surface area (TPSA) is 114 Å². The van der Waals surface area contributed by atoms with Crippen LogP contribution < -0.4 is 36.0 Å². The second-order valence-corrected chi connectivity index (χ2v) is 15.7. The van der Waals surface area contributed by atoms with E-state index < -0.39 is 14.1 Å². The van der Waals surface area contributed by atoms with Crippen LogP contribution in [0.4, 0.5) is 0 Å². The second kappa shape index (κ2) is 29.8. The van der Waals surface area contributed by atoms with Crippen LogP contribution in [-0.4, -0.2) is 0 Å². The molecule has 0 aliphatic rings. The van der Waals surface area contributed by atoms with Gasteiger partial charge in [0.25, 0.3) is 0 Å². The SMILES string of the molecule is [C-]#[O+].[C-]#[O+].[C-]#[O+].[C-]#[O+].[C-]#[O+].[CH2-]C.[Cr].c1ccc(P(=[N+]=P(c2ccccc2)(c2ccccc2)c2ccccc2)(c2ccccc2)c2ccccc2)cc1. The largest absolute Gasteiger partial charge is 0.346 e. The zero-order valence-corrected chi connectivity index (χ0v) is 31.4.